The number of hydrogen-bond acceptors (Lipinski definition) is 3. The summed E-state index contributed by atoms with van der Waals surface area (Å²) in [4.78, 5) is 29.1. The number of amides is 2. The van der Waals surface area contributed by atoms with Crippen molar-refractivity contribution in [3.05, 3.63) is 65.2 Å². The van der Waals surface area contributed by atoms with E-state index in [0.29, 0.717) is 26.1 Å². The van der Waals surface area contributed by atoms with Crippen molar-refractivity contribution < 1.29 is 9.59 Å². The fraction of sp³-hybridized carbons (Fsp3) is 0.333. The number of para-hydroxylation sites is 1. The van der Waals surface area contributed by atoms with Crippen molar-refractivity contribution >= 4 is 17.5 Å². The molecule has 0 saturated carbocycles. The number of piperazine rings is 1. The van der Waals surface area contributed by atoms with Crippen molar-refractivity contribution in [1.29, 1.82) is 0 Å². The fourth-order valence-corrected chi connectivity index (χ4v) is 3.83. The van der Waals surface area contributed by atoms with E-state index in [2.05, 4.69) is 17.4 Å². The molecule has 1 unspecified atom stereocenters. The highest BCUT2D eigenvalue weighted by Crippen LogP contribution is 2.23. The highest BCUT2D eigenvalue weighted by molar-refractivity contribution is 5.99. The van der Waals surface area contributed by atoms with Crippen LogP contribution < -0.4 is 10.2 Å². The van der Waals surface area contributed by atoms with E-state index in [-0.39, 0.29) is 24.4 Å². The van der Waals surface area contributed by atoms with E-state index >= 15 is 0 Å². The predicted octanol–water partition coefficient (Wildman–Crippen LogP) is 1.88. The largest absolute Gasteiger partial charge is 0.330 e. The molecule has 1 fully saturated rings. The summed E-state index contributed by atoms with van der Waals surface area (Å²) in [6.45, 7) is 3.96. The number of nitrogens with one attached hydrogen (secondary N) is 1. The van der Waals surface area contributed by atoms with E-state index < -0.39 is 0 Å². The van der Waals surface area contributed by atoms with Crippen LogP contribution in [0.15, 0.2) is 48.5 Å². The molecule has 1 N–H and O–H groups in total. The van der Waals surface area contributed by atoms with Gasteiger partial charge in [0.1, 0.15) is 6.54 Å². The first-order valence-corrected chi connectivity index (χ1v) is 9.08. The van der Waals surface area contributed by atoms with Crippen molar-refractivity contribution in [1.82, 2.24) is 10.2 Å². The number of carbonyl (C=O) groups is 2. The molecule has 2 aliphatic rings. The van der Waals surface area contributed by atoms with E-state index in [0.717, 1.165) is 11.3 Å². The van der Waals surface area contributed by atoms with Crippen molar-refractivity contribution in [3.8, 4) is 0 Å². The Kier molecular flexibility index (Phi) is 4.47. The summed E-state index contributed by atoms with van der Waals surface area (Å²) >= 11 is 0. The summed E-state index contributed by atoms with van der Waals surface area (Å²) in [7, 11) is 0. The predicted molar refractivity (Wildman–Crippen MR) is 101 cm³/mol. The maximum atomic E-state index is 12.9. The summed E-state index contributed by atoms with van der Waals surface area (Å²) in [6.07, 6.45) is 0.682. The first-order chi connectivity index (χ1) is 12.6. The maximum Gasteiger partial charge on any atom is 0.246 e. The lowest BCUT2D eigenvalue weighted by Gasteiger charge is -2.37. The lowest BCUT2D eigenvalue weighted by Crippen LogP contribution is -2.57. The average Bonchev–Trinajstić information content (AvgIpc) is 2.67. The van der Waals surface area contributed by atoms with Crippen LogP contribution in [0.1, 0.15) is 16.7 Å². The Balaban J connectivity index is 1.44. The molecule has 2 aromatic rings. The molecule has 2 amide bonds. The molecule has 1 atom stereocenters. The monoisotopic (exact) mass is 349 g/mol. The summed E-state index contributed by atoms with van der Waals surface area (Å²) < 4.78 is 0. The zero-order valence-electron chi connectivity index (χ0n) is 14.9. The van der Waals surface area contributed by atoms with Crippen LogP contribution in [-0.4, -0.2) is 42.4 Å². The average molecular weight is 349 g/mol. The quantitative estimate of drug-likeness (QED) is 0.901. The van der Waals surface area contributed by atoms with E-state index in [1.807, 2.05) is 43.3 Å². The number of rotatable bonds is 2. The number of nitrogens with zero attached hydrogens (tertiary/aromatic N) is 2. The molecule has 5 heteroatoms. The fourth-order valence-electron chi connectivity index (χ4n) is 3.83. The molecule has 0 aromatic heterocycles. The lowest BCUT2D eigenvalue weighted by molar-refractivity contribution is -0.138. The second-order valence-electron chi connectivity index (χ2n) is 7.00. The van der Waals surface area contributed by atoms with Gasteiger partial charge in [-0.3, -0.25) is 9.59 Å². The molecule has 134 valence electrons. The molecule has 2 aromatic carbocycles. The molecule has 2 heterocycles. The molecule has 0 bridgehead atoms. The molecule has 0 spiro atoms. The second kappa shape index (κ2) is 6.92. The van der Waals surface area contributed by atoms with Crippen LogP contribution in [0.3, 0.4) is 0 Å². The molecular formula is C21H23N3O2. The molecule has 0 radical (unpaired) electrons. The molecule has 5 nitrogen and oxygen atoms in total. The van der Waals surface area contributed by atoms with Gasteiger partial charge in [-0.15, -0.1) is 0 Å². The second-order valence-corrected chi connectivity index (χ2v) is 7.00. The minimum atomic E-state index is -0.247. The van der Waals surface area contributed by atoms with Crippen LogP contribution in [0.25, 0.3) is 0 Å². The van der Waals surface area contributed by atoms with Gasteiger partial charge in [0, 0.05) is 25.3 Å². The molecule has 2 aliphatic heterocycles. The Morgan fingerprint density at radius 2 is 1.77 bits per heavy atom. The van der Waals surface area contributed by atoms with E-state index in [1.54, 1.807) is 9.80 Å². The Morgan fingerprint density at radius 3 is 2.54 bits per heavy atom. The van der Waals surface area contributed by atoms with Gasteiger partial charge in [0.15, 0.2) is 0 Å². The zero-order valence-corrected chi connectivity index (χ0v) is 14.9. The van der Waals surface area contributed by atoms with Crippen molar-refractivity contribution in [2.75, 3.05) is 24.5 Å². The van der Waals surface area contributed by atoms with E-state index in [1.165, 1.54) is 11.1 Å². The highest BCUT2D eigenvalue weighted by atomic mass is 16.2. The van der Waals surface area contributed by atoms with Crippen molar-refractivity contribution in [3.63, 3.8) is 0 Å². The maximum absolute atomic E-state index is 12.9. The first kappa shape index (κ1) is 16.8. The summed E-state index contributed by atoms with van der Waals surface area (Å²) in [5, 5.41) is 3.32. The van der Waals surface area contributed by atoms with Gasteiger partial charge in [-0.2, -0.15) is 0 Å². The van der Waals surface area contributed by atoms with E-state index in [9.17, 15) is 9.59 Å². The van der Waals surface area contributed by atoms with Gasteiger partial charge in [-0.1, -0.05) is 42.5 Å². The highest BCUT2D eigenvalue weighted by Gasteiger charge is 2.33. The number of fused-ring (bicyclic) bond motifs is 1. The molecule has 0 aliphatic carbocycles. The van der Waals surface area contributed by atoms with Crippen LogP contribution in [-0.2, 0) is 22.6 Å². The Labute approximate surface area is 153 Å². The van der Waals surface area contributed by atoms with Crippen molar-refractivity contribution in [2.24, 2.45) is 0 Å². The third kappa shape index (κ3) is 3.10. The van der Waals surface area contributed by atoms with Gasteiger partial charge in [0.05, 0.1) is 6.04 Å². The first-order valence-electron chi connectivity index (χ1n) is 9.08. The van der Waals surface area contributed by atoms with Gasteiger partial charge < -0.3 is 15.1 Å². The van der Waals surface area contributed by atoms with E-state index in [4.69, 9.17) is 0 Å². The molecule has 26 heavy (non-hydrogen) atoms. The number of hydrogen-bond donors (Lipinski definition) is 1. The summed E-state index contributed by atoms with van der Waals surface area (Å²) in [5.74, 6) is 0.00685. The Hall–Kier alpha value is -2.66. The number of carbonyl (C=O) groups excluding carboxylic acids is 2. The number of benzene rings is 2. The minimum Gasteiger partial charge on any atom is -0.330 e. The standard InChI is InChI=1S/C21H23N3O2/c1-15-6-2-5-9-19(15)24-11-10-23(14-20(24)25)21(26)18-12-16-7-3-4-8-17(16)13-22-18/h2-9,18,22H,10-14H2,1H3. The molecule has 1 saturated heterocycles. The van der Waals surface area contributed by atoms with Crippen LogP contribution in [0, 0.1) is 6.92 Å². The van der Waals surface area contributed by atoms with Gasteiger partial charge in [0.2, 0.25) is 11.8 Å². The van der Waals surface area contributed by atoms with Crippen LogP contribution in [0.2, 0.25) is 0 Å². The van der Waals surface area contributed by atoms with Crippen molar-refractivity contribution in [2.45, 2.75) is 25.9 Å². The number of aryl methyl sites for hydroxylation is 1. The smallest absolute Gasteiger partial charge is 0.246 e. The number of anilines is 1. The third-order valence-corrected chi connectivity index (χ3v) is 5.32. The van der Waals surface area contributed by atoms with Crippen LogP contribution >= 0.6 is 0 Å². The van der Waals surface area contributed by atoms with Gasteiger partial charge in [-0.05, 0) is 36.1 Å². The summed E-state index contributed by atoms with van der Waals surface area (Å²) in [5.41, 5.74) is 4.48. The Bertz CT molecular complexity index is 849. The lowest BCUT2D eigenvalue weighted by atomic mass is 9.95. The minimum absolute atomic E-state index is 0.0184. The SMILES string of the molecule is Cc1ccccc1N1CCN(C(=O)C2Cc3ccccc3CN2)CC1=O. The molecule has 4 rings (SSSR count). The van der Waals surface area contributed by atoms with Gasteiger partial charge in [0.25, 0.3) is 0 Å². The van der Waals surface area contributed by atoms with Crippen LogP contribution in [0.5, 0.6) is 0 Å². The Morgan fingerprint density at radius 1 is 1.04 bits per heavy atom. The zero-order chi connectivity index (χ0) is 18.1. The van der Waals surface area contributed by atoms with Gasteiger partial charge >= 0.3 is 0 Å². The van der Waals surface area contributed by atoms with Gasteiger partial charge in [-0.25, -0.2) is 0 Å². The van der Waals surface area contributed by atoms with Crippen LogP contribution in [0.4, 0.5) is 5.69 Å². The summed E-state index contributed by atoms with van der Waals surface area (Å²) in [6, 6.07) is 15.8. The molecular weight excluding hydrogens is 326 g/mol. The normalized spacial score (nSPS) is 20.0. The topological polar surface area (TPSA) is 52.6 Å². The third-order valence-electron chi connectivity index (χ3n) is 5.32.